The molecule has 0 bridgehead atoms. The summed E-state index contributed by atoms with van der Waals surface area (Å²) in [6.07, 6.45) is -0.952. The first-order valence-corrected chi connectivity index (χ1v) is 6.52. The van der Waals surface area contributed by atoms with Crippen LogP contribution in [0.4, 0.5) is 4.79 Å². The average molecular weight is 300 g/mol. The van der Waals surface area contributed by atoms with Crippen molar-refractivity contribution in [2.75, 3.05) is 0 Å². The Hall–Kier alpha value is -1.75. The van der Waals surface area contributed by atoms with Crippen molar-refractivity contribution < 1.29 is 19.4 Å². The first-order chi connectivity index (χ1) is 9.19. The second kappa shape index (κ2) is 6.61. The predicted molar refractivity (Wildman–Crippen MR) is 75.8 cm³/mol. The third-order valence-electron chi connectivity index (χ3n) is 2.35. The first-order valence-electron chi connectivity index (χ1n) is 6.15. The Bertz CT molecular complexity index is 496. The molecule has 0 aromatic heterocycles. The minimum absolute atomic E-state index is 0.275. The summed E-state index contributed by atoms with van der Waals surface area (Å²) in [6, 6.07) is 6.04. The summed E-state index contributed by atoms with van der Waals surface area (Å²) in [5.74, 6) is -1.04. The number of benzene rings is 1. The van der Waals surface area contributed by atoms with Crippen LogP contribution in [0.15, 0.2) is 24.3 Å². The molecular formula is C14H18ClNO4. The van der Waals surface area contributed by atoms with Crippen LogP contribution in [0.1, 0.15) is 38.8 Å². The van der Waals surface area contributed by atoms with E-state index in [9.17, 15) is 9.59 Å². The fourth-order valence-electron chi connectivity index (χ4n) is 1.62. The highest BCUT2D eigenvalue weighted by atomic mass is 35.5. The Kier molecular flexibility index (Phi) is 5.39. The molecule has 5 nitrogen and oxygen atoms in total. The van der Waals surface area contributed by atoms with E-state index < -0.39 is 23.7 Å². The van der Waals surface area contributed by atoms with Gasteiger partial charge in [-0.25, -0.2) is 4.79 Å². The minimum Gasteiger partial charge on any atom is -0.481 e. The third-order valence-corrected chi connectivity index (χ3v) is 2.69. The topological polar surface area (TPSA) is 75.6 Å². The van der Waals surface area contributed by atoms with E-state index in [-0.39, 0.29) is 6.42 Å². The van der Waals surface area contributed by atoms with Gasteiger partial charge in [-0.2, -0.15) is 0 Å². The molecule has 0 spiro atoms. The van der Waals surface area contributed by atoms with E-state index in [0.29, 0.717) is 10.6 Å². The zero-order valence-electron chi connectivity index (χ0n) is 11.6. The van der Waals surface area contributed by atoms with E-state index in [1.807, 2.05) is 0 Å². The van der Waals surface area contributed by atoms with Crippen LogP contribution in [0.3, 0.4) is 0 Å². The summed E-state index contributed by atoms with van der Waals surface area (Å²) >= 11 is 6.03. The maximum Gasteiger partial charge on any atom is 0.408 e. The molecule has 0 aliphatic heterocycles. The van der Waals surface area contributed by atoms with Crippen LogP contribution in [0.2, 0.25) is 5.02 Å². The van der Waals surface area contributed by atoms with Crippen LogP contribution in [0, 0.1) is 0 Å². The molecule has 2 N–H and O–H groups in total. The van der Waals surface area contributed by atoms with Crippen LogP contribution in [-0.4, -0.2) is 22.8 Å². The monoisotopic (exact) mass is 299 g/mol. The third kappa shape index (κ3) is 5.48. The SMILES string of the molecule is CC(C)(C)OC(=O)NC(CC(=O)O)c1ccccc1Cl. The number of carboxylic acids is 1. The lowest BCUT2D eigenvalue weighted by atomic mass is 10.0. The standard InChI is InChI=1S/C14H18ClNO4/c1-14(2,3)20-13(19)16-11(8-12(17)18)9-6-4-5-7-10(9)15/h4-7,11H,8H2,1-3H3,(H,16,19)(H,17,18). The number of carbonyl (C=O) groups excluding carboxylic acids is 1. The van der Waals surface area contributed by atoms with Crippen LogP contribution in [0.25, 0.3) is 0 Å². The van der Waals surface area contributed by atoms with Gasteiger partial charge in [-0.3, -0.25) is 4.79 Å². The Morgan fingerprint density at radius 2 is 1.95 bits per heavy atom. The number of carbonyl (C=O) groups is 2. The van der Waals surface area contributed by atoms with Gasteiger partial charge in [0.05, 0.1) is 12.5 Å². The quantitative estimate of drug-likeness (QED) is 0.893. The summed E-state index contributed by atoms with van der Waals surface area (Å²) < 4.78 is 5.13. The molecule has 1 amide bonds. The Morgan fingerprint density at radius 3 is 2.45 bits per heavy atom. The number of alkyl carbamates (subject to hydrolysis) is 1. The minimum atomic E-state index is -1.04. The molecule has 1 aromatic rings. The van der Waals surface area contributed by atoms with Gasteiger partial charge in [0.2, 0.25) is 0 Å². The van der Waals surface area contributed by atoms with Gasteiger partial charge in [0.1, 0.15) is 5.60 Å². The van der Waals surface area contributed by atoms with Gasteiger partial charge < -0.3 is 15.2 Å². The lowest BCUT2D eigenvalue weighted by Crippen LogP contribution is -2.35. The largest absolute Gasteiger partial charge is 0.481 e. The van der Waals surface area contributed by atoms with Crippen molar-refractivity contribution in [1.29, 1.82) is 0 Å². The summed E-state index contributed by atoms with van der Waals surface area (Å²) in [4.78, 5) is 22.7. The van der Waals surface area contributed by atoms with Gasteiger partial charge >= 0.3 is 12.1 Å². The number of aliphatic carboxylic acids is 1. The van der Waals surface area contributed by atoms with E-state index in [1.54, 1.807) is 45.0 Å². The van der Waals surface area contributed by atoms with Crippen LogP contribution >= 0.6 is 11.6 Å². The van der Waals surface area contributed by atoms with Crippen LogP contribution < -0.4 is 5.32 Å². The van der Waals surface area contributed by atoms with Crippen molar-refractivity contribution in [3.63, 3.8) is 0 Å². The smallest absolute Gasteiger partial charge is 0.408 e. The Balaban J connectivity index is 2.88. The zero-order valence-corrected chi connectivity index (χ0v) is 12.4. The van der Waals surface area contributed by atoms with Crippen molar-refractivity contribution in [2.24, 2.45) is 0 Å². The molecule has 1 atom stereocenters. The lowest BCUT2D eigenvalue weighted by Gasteiger charge is -2.23. The number of hydrogen-bond donors (Lipinski definition) is 2. The predicted octanol–water partition coefficient (Wildman–Crippen LogP) is 3.38. The highest BCUT2D eigenvalue weighted by Crippen LogP contribution is 2.25. The molecule has 110 valence electrons. The van der Waals surface area contributed by atoms with Crippen molar-refractivity contribution in [3.05, 3.63) is 34.9 Å². The molecule has 6 heteroatoms. The molecule has 0 heterocycles. The van der Waals surface area contributed by atoms with E-state index >= 15 is 0 Å². The van der Waals surface area contributed by atoms with E-state index in [1.165, 1.54) is 0 Å². The maximum absolute atomic E-state index is 11.8. The highest BCUT2D eigenvalue weighted by Gasteiger charge is 2.23. The van der Waals surface area contributed by atoms with Gasteiger partial charge in [-0.05, 0) is 32.4 Å². The number of amides is 1. The molecule has 1 unspecified atom stereocenters. The van der Waals surface area contributed by atoms with Gasteiger partial charge in [0.25, 0.3) is 0 Å². The molecule has 1 aromatic carbocycles. The van der Waals surface area contributed by atoms with Crippen molar-refractivity contribution in [3.8, 4) is 0 Å². The molecule has 0 aliphatic rings. The molecule has 0 saturated heterocycles. The van der Waals surface area contributed by atoms with E-state index in [4.69, 9.17) is 21.4 Å². The number of ether oxygens (including phenoxy) is 1. The summed E-state index contributed by atoms with van der Waals surface area (Å²) in [5, 5.41) is 11.9. The number of halogens is 1. The second-order valence-corrected chi connectivity index (χ2v) is 5.73. The Morgan fingerprint density at radius 1 is 1.35 bits per heavy atom. The summed E-state index contributed by atoms with van der Waals surface area (Å²) in [7, 11) is 0. The number of rotatable bonds is 4. The molecule has 0 fully saturated rings. The second-order valence-electron chi connectivity index (χ2n) is 5.32. The molecule has 20 heavy (non-hydrogen) atoms. The summed E-state index contributed by atoms with van der Waals surface area (Å²) in [5.41, 5.74) is -0.111. The maximum atomic E-state index is 11.8. The van der Waals surface area contributed by atoms with Crippen LogP contribution in [0.5, 0.6) is 0 Å². The molecule has 0 radical (unpaired) electrons. The van der Waals surface area contributed by atoms with Gasteiger partial charge in [0, 0.05) is 5.02 Å². The zero-order chi connectivity index (χ0) is 15.3. The molecular weight excluding hydrogens is 282 g/mol. The van der Waals surface area contributed by atoms with Gasteiger partial charge in [-0.15, -0.1) is 0 Å². The number of nitrogens with one attached hydrogen (secondary N) is 1. The van der Waals surface area contributed by atoms with Crippen molar-refractivity contribution >= 4 is 23.7 Å². The normalized spacial score (nSPS) is 12.6. The van der Waals surface area contributed by atoms with Gasteiger partial charge in [0.15, 0.2) is 0 Å². The van der Waals surface area contributed by atoms with Crippen molar-refractivity contribution in [2.45, 2.75) is 38.8 Å². The van der Waals surface area contributed by atoms with E-state index in [2.05, 4.69) is 5.32 Å². The molecule has 0 saturated carbocycles. The Labute approximate surface area is 122 Å². The highest BCUT2D eigenvalue weighted by molar-refractivity contribution is 6.31. The van der Waals surface area contributed by atoms with Crippen LogP contribution in [-0.2, 0) is 9.53 Å². The number of hydrogen-bond acceptors (Lipinski definition) is 3. The average Bonchev–Trinajstić information content (AvgIpc) is 2.25. The van der Waals surface area contributed by atoms with E-state index in [0.717, 1.165) is 0 Å². The van der Waals surface area contributed by atoms with Crippen molar-refractivity contribution in [1.82, 2.24) is 5.32 Å². The fourth-order valence-corrected chi connectivity index (χ4v) is 1.89. The summed E-state index contributed by atoms with van der Waals surface area (Å²) in [6.45, 7) is 5.19. The first kappa shape index (κ1) is 16.3. The van der Waals surface area contributed by atoms with Gasteiger partial charge in [-0.1, -0.05) is 29.8 Å². The molecule has 0 aliphatic carbocycles. The molecule has 1 rings (SSSR count). The number of carboxylic acid groups (broad SMARTS) is 1. The lowest BCUT2D eigenvalue weighted by molar-refractivity contribution is -0.137. The fraction of sp³-hybridized carbons (Fsp3) is 0.429.